The lowest BCUT2D eigenvalue weighted by molar-refractivity contribution is -0.187. The molecule has 30 heavy (non-hydrogen) atoms. The molecular formula is C22H17Cl2F4NO. The zero-order valence-corrected chi connectivity index (χ0v) is 17.2. The van der Waals surface area contributed by atoms with E-state index in [-0.39, 0.29) is 24.0 Å². The number of rotatable bonds is 2. The van der Waals surface area contributed by atoms with Gasteiger partial charge in [-0.2, -0.15) is 13.2 Å². The van der Waals surface area contributed by atoms with E-state index in [1.165, 1.54) is 0 Å². The van der Waals surface area contributed by atoms with Gasteiger partial charge in [0.05, 0.1) is 22.1 Å². The third kappa shape index (κ3) is 2.84. The molecule has 1 spiro atoms. The smallest absolute Gasteiger partial charge is 0.363 e. The first-order valence-corrected chi connectivity index (χ1v) is 10.3. The molecule has 3 aliphatic rings. The van der Waals surface area contributed by atoms with Gasteiger partial charge in [0.1, 0.15) is 5.60 Å². The van der Waals surface area contributed by atoms with Crippen molar-refractivity contribution >= 4 is 28.8 Å². The minimum Gasteiger partial charge on any atom is -0.363 e. The van der Waals surface area contributed by atoms with Gasteiger partial charge in [0, 0.05) is 13.1 Å². The molecule has 0 amide bonds. The van der Waals surface area contributed by atoms with Crippen LogP contribution in [-0.2, 0) is 22.4 Å². The number of hydrogen-bond acceptors (Lipinski definition) is 2. The normalized spacial score (nSPS) is 24.7. The number of ether oxygens (including phenoxy) is 1. The van der Waals surface area contributed by atoms with E-state index in [2.05, 4.69) is 5.32 Å². The largest absolute Gasteiger partial charge is 0.399 e. The van der Waals surface area contributed by atoms with Crippen molar-refractivity contribution in [1.29, 1.82) is 0 Å². The van der Waals surface area contributed by atoms with Crippen LogP contribution < -0.4 is 5.32 Å². The van der Waals surface area contributed by atoms with Gasteiger partial charge >= 0.3 is 6.18 Å². The van der Waals surface area contributed by atoms with Gasteiger partial charge in [-0.3, -0.25) is 0 Å². The molecule has 1 atom stereocenters. The molecule has 0 saturated carbocycles. The summed E-state index contributed by atoms with van der Waals surface area (Å²) in [6.07, 6.45) is -3.47. The Hall–Kier alpha value is -1.60. The SMILES string of the molecule is Fc1c(Cl)cc(C2(C(F)(F)F)CC=C(c3ccc4c(c3)COC43CNC3)C2)cc1Cl. The van der Waals surface area contributed by atoms with Crippen molar-refractivity contribution in [2.24, 2.45) is 0 Å². The van der Waals surface area contributed by atoms with Crippen molar-refractivity contribution in [2.45, 2.75) is 36.6 Å². The Labute approximate surface area is 180 Å². The highest BCUT2D eigenvalue weighted by Gasteiger charge is 2.57. The van der Waals surface area contributed by atoms with Crippen LogP contribution in [-0.4, -0.2) is 19.3 Å². The van der Waals surface area contributed by atoms with Crippen molar-refractivity contribution in [3.63, 3.8) is 0 Å². The highest BCUT2D eigenvalue weighted by atomic mass is 35.5. The fraction of sp³-hybridized carbons (Fsp3) is 0.364. The van der Waals surface area contributed by atoms with Crippen LogP contribution in [0.25, 0.3) is 5.57 Å². The second-order valence-corrected chi connectivity index (χ2v) is 9.02. The Morgan fingerprint density at radius 2 is 1.73 bits per heavy atom. The van der Waals surface area contributed by atoms with Gasteiger partial charge in [0.15, 0.2) is 5.82 Å². The summed E-state index contributed by atoms with van der Waals surface area (Å²) in [6.45, 7) is 1.93. The summed E-state index contributed by atoms with van der Waals surface area (Å²) in [5.74, 6) is -0.913. The molecule has 1 saturated heterocycles. The Bertz CT molecular complexity index is 1050. The van der Waals surface area contributed by atoms with Crippen LogP contribution in [0.2, 0.25) is 10.0 Å². The van der Waals surface area contributed by atoms with E-state index in [1.54, 1.807) is 6.08 Å². The van der Waals surface area contributed by atoms with Crippen LogP contribution in [0, 0.1) is 5.82 Å². The molecule has 5 rings (SSSR count). The van der Waals surface area contributed by atoms with E-state index in [1.807, 2.05) is 18.2 Å². The fourth-order valence-electron chi connectivity index (χ4n) is 4.71. The van der Waals surface area contributed by atoms with Gasteiger partial charge in [-0.25, -0.2) is 4.39 Å². The molecule has 8 heteroatoms. The average molecular weight is 458 g/mol. The van der Waals surface area contributed by atoms with Gasteiger partial charge in [-0.05, 0) is 58.9 Å². The van der Waals surface area contributed by atoms with Crippen LogP contribution in [0.15, 0.2) is 36.4 Å². The van der Waals surface area contributed by atoms with Crippen molar-refractivity contribution in [2.75, 3.05) is 13.1 Å². The maximum absolute atomic E-state index is 14.3. The molecule has 158 valence electrons. The summed E-state index contributed by atoms with van der Waals surface area (Å²) in [5, 5.41) is 2.38. The Morgan fingerprint density at radius 1 is 1.03 bits per heavy atom. The summed E-state index contributed by atoms with van der Waals surface area (Å²) in [7, 11) is 0. The van der Waals surface area contributed by atoms with Crippen molar-refractivity contribution < 1.29 is 22.3 Å². The number of nitrogens with one attached hydrogen (secondary N) is 1. The van der Waals surface area contributed by atoms with E-state index in [4.69, 9.17) is 27.9 Å². The number of hydrogen-bond donors (Lipinski definition) is 1. The zero-order chi connectivity index (χ0) is 21.3. The molecule has 2 nitrogen and oxygen atoms in total. The van der Waals surface area contributed by atoms with E-state index >= 15 is 0 Å². The first-order valence-electron chi connectivity index (χ1n) is 9.54. The molecule has 1 N–H and O–H groups in total. The molecule has 0 bridgehead atoms. The molecule has 2 aromatic rings. The van der Waals surface area contributed by atoms with Crippen LogP contribution in [0.1, 0.15) is 35.1 Å². The number of halogens is 6. The van der Waals surface area contributed by atoms with Crippen molar-refractivity contribution in [3.8, 4) is 0 Å². The van der Waals surface area contributed by atoms with Crippen LogP contribution in [0.3, 0.4) is 0 Å². The molecule has 2 aromatic carbocycles. The second kappa shape index (κ2) is 6.70. The van der Waals surface area contributed by atoms with Gasteiger partial charge in [-0.15, -0.1) is 0 Å². The van der Waals surface area contributed by atoms with E-state index < -0.39 is 27.5 Å². The fourth-order valence-corrected chi connectivity index (χ4v) is 5.20. The van der Waals surface area contributed by atoms with Gasteiger partial charge in [0.2, 0.25) is 0 Å². The number of allylic oxidation sites excluding steroid dienone is 2. The van der Waals surface area contributed by atoms with Crippen molar-refractivity contribution in [3.05, 3.63) is 74.5 Å². The van der Waals surface area contributed by atoms with Gasteiger partial charge in [-0.1, -0.05) is 41.4 Å². The van der Waals surface area contributed by atoms with E-state index in [0.717, 1.165) is 41.9 Å². The third-order valence-electron chi connectivity index (χ3n) is 6.56. The van der Waals surface area contributed by atoms with E-state index in [0.29, 0.717) is 12.2 Å². The minimum atomic E-state index is -4.56. The lowest BCUT2D eigenvalue weighted by atomic mass is 9.76. The number of benzene rings is 2. The lowest BCUT2D eigenvalue weighted by Gasteiger charge is -2.39. The monoisotopic (exact) mass is 457 g/mol. The molecular weight excluding hydrogens is 441 g/mol. The number of alkyl halides is 3. The topological polar surface area (TPSA) is 21.3 Å². The zero-order valence-electron chi connectivity index (χ0n) is 15.7. The standard InChI is InChI=1S/C22H17Cl2F4NO/c23-17-6-15(7-18(24)19(17)25)20(22(26,27)28)4-3-13(8-20)12-1-2-16-14(5-12)9-30-21(16)10-29-11-21/h1-3,5-7,29H,4,8-11H2. The maximum atomic E-state index is 14.3. The first-order chi connectivity index (χ1) is 14.2. The predicted octanol–water partition coefficient (Wildman–Crippen LogP) is 6.14. The summed E-state index contributed by atoms with van der Waals surface area (Å²) in [5.41, 5.74) is 0.830. The second-order valence-electron chi connectivity index (χ2n) is 8.20. The summed E-state index contributed by atoms with van der Waals surface area (Å²) >= 11 is 11.6. The average Bonchev–Trinajstić information content (AvgIpc) is 3.27. The maximum Gasteiger partial charge on any atom is 0.399 e. The van der Waals surface area contributed by atoms with E-state index in [9.17, 15) is 17.6 Å². The molecule has 2 heterocycles. The third-order valence-corrected chi connectivity index (χ3v) is 7.11. The highest BCUT2D eigenvalue weighted by molar-refractivity contribution is 6.35. The molecule has 0 aromatic heterocycles. The Morgan fingerprint density at radius 3 is 2.33 bits per heavy atom. The summed E-state index contributed by atoms with van der Waals surface area (Å²) in [6, 6.07) is 7.81. The quantitative estimate of drug-likeness (QED) is 0.432. The highest BCUT2D eigenvalue weighted by Crippen LogP contribution is 2.55. The Kier molecular flexibility index (Phi) is 4.53. The Balaban J connectivity index is 1.51. The summed E-state index contributed by atoms with van der Waals surface area (Å²) < 4.78 is 62.6. The molecule has 0 radical (unpaired) electrons. The number of fused-ring (bicyclic) bond motifs is 2. The van der Waals surface area contributed by atoms with Crippen LogP contribution in [0.5, 0.6) is 0 Å². The predicted molar refractivity (Wildman–Crippen MR) is 107 cm³/mol. The van der Waals surface area contributed by atoms with Gasteiger partial charge in [0.25, 0.3) is 0 Å². The van der Waals surface area contributed by atoms with Gasteiger partial charge < -0.3 is 10.1 Å². The lowest BCUT2D eigenvalue weighted by Crippen LogP contribution is -2.56. The molecule has 1 aliphatic carbocycles. The summed E-state index contributed by atoms with van der Waals surface area (Å²) in [4.78, 5) is 0. The minimum absolute atomic E-state index is 0.123. The van der Waals surface area contributed by atoms with Crippen LogP contribution in [0.4, 0.5) is 17.6 Å². The molecule has 1 unspecified atom stereocenters. The van der Waals surface area contributed by atoms with Crippen molar-refractivity contribution in [1.82, 2.24) is 5.32 Å². The van der Waals surface area contributed by atoms with Crippen LogP contribution >= 0.6 is 23.2 Å². The molecule has 1 fully saturated rings. The first kappa shape index (κ1) is 20.3. The molecule has 2 aliphatic heterocycles.